The Morgan fingerprint density at radius 2 is 1.93 bits per heavy atom. The van der Waals surface area contributed by atoms with Gasteiger partial charge in [-0.25, -0.2) is 0 Å². The molecular formula is C22H30N6O2. The van der Waals surface area contributed by atoms with E-state index < -0.39 is 5.60 Å². The standard InChI is InChI=1S/C22H30N6O2/c23-21-19(10-18(25-26-21)17-4-1-2-5-20(17)29)27-11-15-6-7-16(12-27)28(15)14-22(30)8-3-9-24-13-22/h1-2,4-5,10,15-16,24,29-30H,3,6-9,11-14H2,(H2,23,26)/t15?,16?,22-/m1/s1. The number of aromatic hydroxyl groups is 1. The number of nitrogens with two attached hydrogens (primary N) is 1. The molecule has 2 unspecified atom stereocenters. The number of benzene rings is 1. The molecule has 3 saturated heterocycles. The van der Waals surface area contributed by atoms with Gasteiger partial charge in [-0.15, -0.1) is 10.2 Å². The molecule has 3 atom stereocenters. The first kappa shape index (κ1) is 19.5. The summed E-state index contributed by atoms with van der Waals surface area (Å²) in [6, 6.07) is 9.88. The number of para-hydroxylation sites is 1. The Morgan fingerprint density at radius 1 is 1.17 bits per heavy atom. The third-order valence-corrected chi connectivity index (χ3v) is 6.88. The lowest BCUT2D eigenvalue weighted by Gasteiger charge is -2.46. The lowest BCUT2D eigenvalue weighted by atomic mass is 9.92. The molecule has 1 aromatic carbocycles. The predicted molar refractivity (Wildman–Crippen MR) is 116 cm³/mol. The molecule has 2 bridgehead atoms. The summed E-state index contributed by atoms with van der Waals surface area (Å²) in [4.78, 5) is 4.81. The van der Waals surface area contributed by atoms with E-state index in [1.54, 1.807) is 12.1 Å². The van der Waals surface area contributed by atoms with Gasteiger partial charge in [-0.2, -0.15) is 0 Å². The van der Waals surface area contributed by atoms with E-state index in [4.69, 9.17) is 5.73 Å². The number of nitrogen functional groups attached to an aromatic ring is 1. The first-order valence-electron chi connectivity index (χ1n) is 10.9. The zero-order valence-corrected chi connectivity index (χ0v) is 17.2. The van der Waals surface area contributed by atoms with E-state index >= 15 is 0 Å². The maximum atomic E-state index is 11.0. The lowest BCUT2D eigenvalue weighted by Crippen LogP contribution is -2.60. The van der Waals surface area contributed by atoms with Gasteiger partial charge in [0.2, 0.25) is 0 Å². The van der Waals surface area contributed by atoms with Crippen molar-refractivity contribution >= 4 is 11.5 Å². The van der Waals surface area contributed by atoms with E-state index in [0.29, 0.717) is 35.7 Å². The SMILES string of the molecule is Nc1nnc(-c2ccccc2O)cc1N1CC2CCC(C1)N2C[C@@]1(O)CCCNC1. The predicted octanol–water partition coefficient (Wildman–Crippen LogP) is 1.20. The average molecular weight is 411 g/mol. The molecule has 3 aliphatic heterocycles. The number of piperazine rings is 1. The molecular weight excluding hydrogens is 380 g/mol. The van der Waals surface area contributed by atoms with Crippen LogP contribution >= 0.6 is 0 Å². The zero-order valence-electron chi connectivity index (χ0n) is 17.2. The van der Waals surface area contributed by atoms with Crippen molar-refractivity contribution in [1.82, 2.24) is 20.4 Å². The molecule has 1 aromatic heterocycles. The fraction of sp³-hybridized carbons (Fsp3) is 0.545. The largest absolute Gasteiger partial charge is 0.507 e. The van der Waals surface area contributed by atoms with Gasteiger partial charge in [-0.05, 0) is 50.4 Å². The van der Waals surface area contributed by atoms with Crippen molar-refractivity contribution in [1.29, 1.82) is 0 Å². The number of hydrogen-bond acceptors (Lipinski definition) is 8. The molecule has 4 heterocycles. The van der Waals surface area contributed by atoms with Crippen molar-refractivity contribution in [3.63, 3.8) is 0 Å². The fourth-order valence-electron chi connectivity index (χ4n) is 5.34. The summed E-state index contributed by atoms with van der Waals surface area (Å²) in [7, 11) is 0. The normalized spacial score (nSPS) is 29.3. The molecule has 5 rings (SSSR count). The first-order chi connectivity index (χ1) is 14.5. The van der Waals surface area contributed by atoms with Gasteiger partial charge in [-0.1, -0.05) is 12.1 Å². The summed E-state index contributed by atoms with van der Waals surface area (Å²) in [6.07, 6.45) is 4.16. The molecule has 2 aromatic rings. The third-order valence-electron chi connectivity index (χ3n) is 6.88. The summed E-state index contributed by atoms with van der Waals surface area (Å²) >= 11 is 0. The van der Waals surface area contributed by atoms with Crippen LogP contribution in [0.5, 0.6) is 5.75 Å². The molecule has 0 aliphatic carbocycles. The van der Waals surface area contributed by atoms with Crippen LogP contribution in [0.2, 0.25) is 0 Å². The number of phenols is 1. The number of piperidine rings is 1. The molecule has 0 saturated carbocycles. The Morgan fingerprint density at radius 3 is 2.63 bits per heavy atom. The average Bonchev–Trinajstić information content (AvgIpc) is 2.96. The van der Waals surface area contributed by atoms with Crippen LogP contribution in [-0.4, -0.2) is 75.7 Å². The summed E-state index contributed by atoms with van der Waals surface area (Å²) in [5.74, 6) is 0.596. The molecule has 8 nitrogen and oxygen atoms in total. The highest BCUT2D eigenvalue weighted by atomic mass is 16.3. The van der Waals surface area contributed by atoms with Crippen molar-refractivity contribution in [2.75, 3.05) is 43.4 Å². The highest BCUT2D eigenvalue weighted by Gasteiger charge is 2.44. The summed E-state index contributed by atoms with van der Waals surface area (Å²) in [5.41, 5.74) is 7.73. The van der Waals surface area contributed by atoms with Crippen molar-refractivity contribution in [3.8, 4) is 17.0 Å². The Bertz CT molecular complexity index is 902. The van der Waals surface area contributed by atoms with E-state index in [0.717, 1.165) is 57.5 Å². The van der Waals surface area contributed by atoms with Crippen LogP contribution in [0.3, 0.4) is 0 Å². The van der Waals surface area contributed by atoms with Crippen LogP contribution in [0.15, 0.2) is 30.3 Å². The highest BCUT2D eigenvalue weighted by Crippen LogP contribution is 2.37. The smallest absolute Gasteiger partial charge is 0.169 e. The number of nitrogens with zero attached hydrogens (tertiary/aromatic N) is 4. The van der Waals surface area contributed by atoms with Crippen LogP contribution < -0.4 is 16.0 Å². The van der Waals surface area contributed by atoms with Crippen molar-refractivity contribution in [3.05, 3.63) is 30.3 Å². The van der Waals surface area contributed by atoms with Crippen LogP contribution in [0, 0.1) is 0 Å². The molecule has 3 fully saturated rings. The second-order valence-corrected chi connectivity index (χ2v) is 8.98. The van der Waals surface area contributed by atoms with E-state index in [1.807, 2.05) is 18.2 Å². The van der Waals surface area contributed by atoms with Gasteiger partial charge < -0.3 is 26.2 Å². The van der Waals surface area contributed by atoms with E-state index in [9.17, 15) is 10.2 Å². The second-order valence-electron chi connectivity index (χ2n) is 8.98. The van der Waals surface area contributed by atoms with Crippen LogP contribution in [0.25, 0.3) is 11.3 Å². The molecule has 30 heavy (non-hydrogen) atoms. The van der Waals surface area contributed by atoms with Gasteiger partial charge in [-0.3, -0.25) is 4.90 Å². The molecule has 0 spiro atoms. The highest BCUT2D eigenvalue weighted by molar-refractivity contribution is 5.74. The summed E-state index contributed by atoms with van der Waals surface area (Å²) in [6.45, 7) is 4.12. The summed E-state index contributed by atoms with van der Waals surface area (Å²) < 4.78 is 0. The fourth-order valence-corrected chi connectivity index (χ4v) is 5.34. The van der Waals surface area contributed by atoms with Crippen molar-refractivity contribution in [2.24, 2.45) is 0 Å². The molecule has 160 valence electrons. The Balaban J connectivity index is 1.36. The number of fused-ring (bicyclic) bond motifs is 2. The number of nitrogens with one attached hydrogen (secondary N) is 1. The van der Waals surface area contributed by atoms with Crippen molar-refractivity contribution < 1.29 is 10.2 Å². The van der Waals surface area contributed by atoms with E-state index in [-0.39, 0.29) is 5.75 Å². The molecule has 5 N–H and O–H groups in total. The summed E-state index contributed by atoms with van der Waals surface area (Å²) in [5, 5.41) is 32.9. The Labute approximate surface area is 176 Å². The second kappa shape index (κ2) is 7.68. The van der Waals surface area contributed by atoms with Crippen LogP contribution in [0.4, 0.5) is 11.5 Å². The van der Waals surface area contributed by atoms with Gasteiger partial charge in [0, 0.05) is 43.8 Å². The van der Waals surface area contributed by atoms with Gasteiger partial charge in [0.05, 0.1) is 17.0 Å². The number of anilines is 2. The number of β-amino-alcohol motifs (C(OH)–C–C–N with tert-alkyl or cyclic N) is 1. The van der Waals surface area contributed by atoms with Gasteiger partial charge in [0.15, 0.2) is 5.82 Å². The minimum absolute atomic E-state index is 0.182. The maximum Gasteiger partial charge on any atom is 0.169 e. The number of aliphatic hydroxyl groups is 1. The Kier molecular flexibility index (Phi) is 5.00. The molecule has 3 aliphatic rings. The third kappa shape index (κ3) is 3.59. The number of phenolic OH excluding ortho intramolecular Hbond substituents is 1. The van der Waals surface area contributed by atoms with Gasteiger partial charge in [0.1, 0.15) is 5.75 Å². The topological polar surface area (TPSA) is 111 Å². The van der Waals surface area contributed by atoms with Crippen LogP contribution in [0.1, 0.15) is 25.7 Å². The number of aromatic nitrogens is 2. The quantitative estimate of drug-likeness (QED) is 0.595. The first-order valence-corrected chi connectivity index (χ1v) is 10.9. The molecule has 0 amide bonds. The Hall–Kier alpha value is -2.42. The monoisotopic (exact) mass is 410 g/mol. The molecule has 0 radical (unpaired) electrons. The van der Waals surface area contributed by atoms with Crippen LogP contribution in [-0.2, 0) is 0 Å². The number of hydrogen-bond donors (Lipinski definition) is 4. The minimum Gasteiger partial charge on any atom is -0.507 e. The number of rotatable bonds is 4. The molecule has 8 heteroatoms. The lowest BCUT2D eigenvalue weighted by molar-refractivity contribution is -0.0302. The van der Waals surface area contributed by atoms with E-state index in [1.165, 1.54) is 0 Å². The maximum absolute atomic E-state index is 11.0. The van der Waals surface area contributed by atoms with E-state index in [2.05, 4.69) is 25.3 Å². The van der Waals surface area contributed by atoms with Gasteiger partial charge >= 0.3 is 0 Å². The van der Waals surface area contributed by atoms with Gasteiger partial charge in [0.25, 0.3) is 0 Å². The zero-order chi connectivity index (χ0) is 20.7. The van der Waals surface area contributed by atoms with Crippen molar-refractivity contribution in [2.45, 2.75) is 43.4 Å². The minimum atomic E-state index is -0.628.